The minimum atomic E-state index is 0.565. The van der Waals surface area contributed by atoms with E-state index in [1.54, 1.807) is 6.20 Å². The van der Waals surface area contributed by atoms with Crippen molar-refractivity contribution in [1.82, 2.24) is 9.97 Å². The third kappa shape index (κ3) is 1.36. The van der Waals surface area contributed by atoms with Gasteiger partial charge in [0.25, 0.3) is 0 Å². The first-order valence-corrected chi connectivity index (χ1v) is 6.34. The van der Waals surface area contributed by atoms with Gasteiger partial charge >= 0.3 is 0 Å². The highest BCUT2D eigenvalue weighted by atomic mass is 79.9. The van der Waals surface area contributed by atoms with Crippen molar-refractivity contribution in [2.24, 2.45) is 0 Å². The molecule has 0 N–H and O–H groups in total. The van der Waals surface area contributed by atoms with Gasteiger partial charge in [-0.25, -0.2) is 9.97 Å². The van der Waals surface area contributed by atoms with Crippen LogP contribution in [0.5, 0.6) is 0 Å². The summed E-state index contributed by atoms with van der Waals surface area (Å²) in [4.78, 5) is 8.66. The molecule has 0 aliphatic carbocycles. The quantitative estimate of drug-likeness (QED) is 0.486. The van der Waals surface area contributed by atoms with Gasteiger partial charge in [0.2, 0.25) is 5.71 Å². The number of hydrogen-bond donors (Lipinski definition) is 0. The van der Waals surface area contributed by atoms with Gasteiger partial charge in [0, 0.05) is 5.39 Å². The lowest BCUT2D eigenvalue weighted by Gasteiger charge is -1.96. The van der Waals surface area contributed by atoms with Crippen molar-refractivity contribution in [2.45, 2.75) is 0 Å². The van der Waals surface area contributed by atoms with Crippen LogP contribution in [0.2, 0.25) is 0 Å². The van der Waals surface area contributed by atoms with E-state index in [0.29, 0.717) is 10.3 Å². The van der Waals surface area contributed by atoms with Crippen LogP contribution in [0, 0.1) is 0 Å². The molecule has 0 aliphatic heterocycles. The Hall–Kier alpha value is -1.94. The molecule has 0 atom stereocenters. The third-order valence-corrected chi connectivity index (χ3v) is 3.40. The Labute approximate surface area is 111 Å². The van der Waals surface area contributed by atoms with E-state index >= 15 is 0 Å². The molecule has 0 saturated heterocycles. The number of rotatable bonds is 0. The second kappa shape index (κ2) is 3.53. The highest BCUT2D eigenvalue weighted by Crippen LogP contribution is 2.30. The van der Waals surface area contributed by atoms with Crippen LogP contribution < -0.4 is 0 Å². The van der Waals surface area contributed by atoms with Gasteiger partial charge < -0.3 is 4.42 Å². The number of furan rings is 1. The van der Waals surface area contributed by atoms with Crippen LogP contribution in [-0.4, -0.2) is 9.97 Å². The molecule has 0 aliphatic rings. The van der Waals surface area contributed by atoms with E-state index in [4.69, 9.17) is 4.42 Å². The summed E-state index contributed by atoms with van der Waals surface area (Å²) in [6, 6.07) is 12.3. The first-order valence-electron chi connectivity index (χ1n) is 5.55. The molecular weight excluding hydrogens is 292 g/mol. The summed E-state index contributed by atoms with van der Waals surface area (Å²) in [7, 11) is 0. The van der Waals surface area contributed by atoms with Crippen molar-refractivity contribution < 1.29 is 4.42 Å². The van der Waals surface area contributed by atoms with Crippen LogP contribution in [0.1, 0.15) is 0 Å². The Morgan fingerprint density at radius 2 is 1.83 bits per heavy atom. The zero-order chi connectivity index (χ0) is 12.1. The van der Waals surface area contributed by atoms with E-state index in [-0.39, 0.29) is 0 Å². The maximum Gasteiger partial charge on any atom is 0.247 e. The van der Waals surface area contributed by atoms with Gasteiger partial charge in [-0.15, -0.1) is 0 Å². The first-order chi connectivity index (χ1) is 8.81. The lowest BCUT2D eigenvalue weighted by atomic mass is 10.1. The number of nitrogens with zero attached hydrogens (tertiary/aromatic N) is 2. The molecule has 4 aromatic rings. The Kier molecular flexibility index (Phi) is 1.96. The topological polar surface area (TPSA) is 38.9 Å². The van der Waals surface area contributed by atoms with Crippen molar-refractivity contribution in [3.63, 3.8) is 0 Å². The predicted molar refractivity (Wildman–Crippen MR) is 74.5 cm³/mol. The van der Waals surface area contributed by atoms with E-state index in [9.17, 15) is 0 Å². The Morgan fingerprint density at radius 1 is 1.06 bits per heavy atom. The summed E-state index contributed by atoms with van der Waals surface area (Å²) in [6.07, 6.45) is 1.69. The largest absolute Gasteiger partial charge is 0.436 e. The number of hydrogen-bond acceptors (Lipinski definition) is 3. The molecule has 3 nitrogen and oxygen atoms in total. The number of benzene rings is 2. The van der Waals surface area contributed by atoms with Gasteiger partial charge in [0.05, 0.1) is 6.20 Å². The Morgan fingerprint density at radius 3 is 2.67 bits per heavy atom. The number of halogens is 1. The zero-order valence-electron chi connectivity index (χ0n) is 9.22. The molecule has 4 rings (SSSR count). The number of aromatic nitrogens is 2. The van der Waals surface area contributed by atoms with Crippen molar-refractivity contribution in [2.75, 3.05) is 0 Å². The van der Waals surface area contributed by atoms with Gasteiger partial charge in [-0.1, -0.05) is 24.3 Å². The minimum absolute atomic E-state index is 0.565. The van der Waals surface area contributed by atoms with Gasteiger partial charge in [0.1, 0.15) is 15.7 Å². The Balaban J connectivity index is 2.23. The lowest BCUT2D eigenvalue weighted by molar-refractivity contribution is 0.652. The molecule has 0 saturated carbocycles. The predicted octanol–water partition coefficient (Wildman–Crippen LogP) is 4.29. The van der Waals surface area contributed by atoms with Crippen molar-refractivity contribution >= 4 is 48.9 Å². The molecular formula is C14H7BrN2O. The summed E-state index contributed by atoms with van der Waals surface area (Å²) in [5.41, 5.74) is 2.19. The summed E-state index contributed by atoms with van der Waals surface area (Å²) in [5.74, 6) is 0. The molecule has 0 unspecified atom stereocenters. The third-order valence-electron chi connectivity index (χ3n) is 3.02. The van der Waals surface area contributed by atoms with E-state index in [1.165, 1.54) is 5.39 Å². The van der Waals surface area contributed by atoms with Crippen LogP contribution >= 0.6 is 15.9 Å². The average molecular weight is 299 g/mol. The van der Waals surface area contributed by atoms with Gasteiger partial charge in [0.15, 0.2) is 0 Å². The van der Waals surface area contributed by atoms with Gasteiger partial charge in [-0.3, -0.25) is 0 Å². The minimum Gasteiger partial charge on any atom is -0.436 e. The molecule has 18 heavy (non-hydrogen) atoms. The fourth-order valence-corrected chi connectivity index (χ4v) is 2.46. The van der Waals surface area contributed by atoms with Crippen molar-refractivity contribution in [3.05, 3.63) is 47.2 Å². The highest BCUT2D eigenvalue weighted by Gasteiger charge is 2.10. The van der Waals surface area contributed by atoms with Crippen LogP contribution in [0.4, 0.5) is 0 Å². The van der Waals surface area contributed by atoms with Crippen molar-refractivity contribution in [1.29, 1.82) is 0 Å². The average Bonchev–Trinajstić information content (AvgIpc) is 2.72. The van der Waals surface area contributed by atoms with Crippen LogP contribution in [-0.2, 0) is 0 Å². The summed E-state index contributed by atoms with van der Waals surface area (Å²) in [6.45, 7) is 0. The fraction of sp³-hybridized carbons (Fsp3) is 0. The molecule has 0 spiro atoms. The molecule has 0 amide bonds. The maximum absolute atomic E-state index is 5.74. The SMILES string of the molecule is Brc1cnc2c(n1)oc1cc3ccccc3cc12. The molecule has 0 bridgehead atoms. The lowest BCUT2D eigenvalue weighted by Crippen LogP contribution is -1.79. The molecule has 0 radical (unpaired) electrons. The van der Waals surface area contributed by atoms with Gasteiger partial charge in [-0.05, 0) is 38.8 Å². The second-order valence-electron chi connectivity index (χ2n) is 4.14. The molecule has 2 aromatic carbocycles. The molecule has 86 valence electrons. The summed E-state index contributed by atoms with van der Waals surface area (Å²) in [5, 5.41) is 3.34. The van der Waals surface area contributed by atoms with Crippen LogP contribution in [0.15, 0.2) is 51.6 Å². The molecule has 0 fully saturated rings. The van der Waals surface area contributed by atoms with E-state index < -0.39 is 0 Å². The molecule has 2 heterocycles. The normalized spacial score (nSPS) is 11.6. The second-order valence-corrected chi connectivity index (χ2v) is 4.96. The smallest absolute Gasteiger partial charge is 0.247 e. The monoisotopic (exact) mass is 298 g/mol. The van der Waals surface area contributed by atoms with Crippen molar-refractivity contribution in [3.8, 4) is 0 Å². The summed E-state index contributed by atoms with van der Waals surface area (Å²) >= 11 is 3.30. The maximum atomic E-state index is 5.74. The molecule has 2 aromatic heterocycles. The van der Waals surface area contributed by atoms with Crippen LogP contribution in [0.25, 0.3) is 33.0 Å². The van der Waals surface area contributed by atoms with Gasteiger partial charge in [-0.2, -0.15) is 0 Å². The number of fused-ring (bicyclic) bond motifs is 4. The fourth-order valence-electron chi connectivity index (χ4n) is 2.20. The zero-order valence-corrected chi connectivity index (χ0v) is 10.8. The van der Waals surface area contributed by atoms with E-state index in [2.05, 4.69) is 44.1 Å². The van der Waals surface area contributed by atoms with Crippen LogP contribution in [0.3, 0.4) is 0 Å². The summed E-state index contributed by atoms with van der Waals surface area (Å²) < 4.78 is 6.42. The van der Waals surface area contributed by atoms with E-state index in [1.807, 2.05) is 18.2 Å². The Bertz CT molecular complexity index is 898. The first kappa shape index (κ1) is 10.0. The highest BCUT2D eigenvalue weighted by molar-refractivity contribution is 9.10. The van der Waals surface area contributed by atoms with E-state index in [0.717, 1.165) is 21.9 Å². The molecule has 4 heteroatoms. The standard InChI is InChI=1S/C14H7BrN2O/c15-12-7-16-13-10-5-8-3-1-2-4-9(8)6-11(10)18-14(13)17-12/h1-7H.